The lowest BCUT2D eigenvalue weighted by Gasteiger charge is -2.08. The van der Waals surface area contributed by atoms with Crippen LogP contribution < -0.4 is 5.32 Å². The van der Waals surface area contributed by atoms with E-state index in [0.29, 0.717) is 0 Å². The van der Waals surface area contributed by atoms with Crippen molar-refractivity contribution in [3.05, 3.63) is 103 Å². The summed E-state index contributed by atoms with van der Waals surface area (Å²) in [7, 11) is 0. The number of imidazole rings is 1. The molecule has 2 aromatic heterocycles. The number of rotatable bonds is 4. The van der Waals surface area contributed by atoms with E-state index in [4.69, 9.17) is 9.40 Å². The van der Waals surface area contributed by atoms with E-state index in [1.54, 1.807) is 0 Å². The van der Waals surface area contributed by atoms with E-state index < -0.39 is 0 Å². The molecule has 31 heavy (non-hydrogen) atoms. The molecule has 4 nitrogen and oxygen atoms in total. The van der Waals surface area contributed by atoms with Crippen LogP contribution in [-0.2, 0) is 0 Å². The standard InChI is InChI=1S/C27H19N3O/c1-4-11-25-19(6-1)17-26(31-25)18-12-14-21(15-13-18)28-22-8-5-7-20(16-22)27-29-23-9-2-3-10-24(23)30-27/h1-17,28H,(H,29,30). The van der Waals surface area contributed by atoms with Crippen LogP contribution in [0.5, 0.6) is 0 Å². The number of anilines is 2. The van der Waals surface area contributed by atoms with Gasteiger partial charge in [0.05, 0.1) is 11.0 Å². The number of hydrogen-bond acceptors (Lipinski definition) is 3. The number of aromatic amines is 1. The molecule has 6 aromatic rings. The fourth-order valence-corrected chi connectivity index (χ4v) is 3.84. The van der Waals surface area contributed by atoms with Crippen LogP contribution in [-0.4, -0.2) is 9.97 Å². The summed E-state index contributed by atoms with van der Waals surface area (Å²) in [6.45, 7) is 0. The van der Waals surface area contributed by atoms with E-state index in [1.807, 2.05) is 48.5 Å². The van der Waals surface area contributed by atoms with Crippen LogP contribution >= 0.6 is 0 Å². The third-order valence-corrected chi connectivity index (χ3v) is 5.41. The average molecular weight is 401 g/mol. The molecule has 148 valence electrons. The summed E-state index contributed by atoms with van der Waals surface area (Å²) in [6.07, 6.45) is 0. The highest BCUT2D eigenvalue weighted by Gasteiger charge is 2.08. The lowest BCUT2D eigenvalue weighted by Crippen LogP contribution is -1.91. The first-order valence-corrected chi connectivity index (χ1v) is 10.2. The van der Waals surface area contributed by atoms with Gasteiger partial charge >= 0.3 is 0 Å². The van der Waals surface area contributed by atoms with Gasteiger partial charge in [-0.05, 0) is 60.7 Å². The number of furan rings is 1. The summed E-state index contributed by atoms with van der Waals surface area (Å²) in [5.74, 6) is 1.74. The first-order valence-electron chi connectivity index (χ1n) is 10.2. The van der Waals surface area contributed by atoms with E-state index in [2.05, 4.69) is 64.9 Å². The summed E-state index contributed by atoms with van der Waals surface area (Å²) in [5.41, 5.74) is 7.03. The molecule has 0 spiro atoms. The van der Waals surface area contributed by atoms with Crippen molar-refractivity contribution < 1.29 is 4.42 Å². The molecule has 4 aromatic carbocycles. The molecule has 0 unspecified atom stereocenters. The van der Waals surface area contributed by atoms with Gasteiger partial charge in [-0.1, -0.05) is 42.5 Å². The maximum Gasteiger partial charge on any atom is 0.138 e. The first kappa shape index (κ1) is 17.5. The third-order valence-electron chi connectivity index (χ3n) is 5.41. The summed E-state index contributed by atoms with van der Waals surface area (Å²) in [5, 5.41) is 4.59. The largest absolute Gasteiger partial charge is 0.456 e. The Morgan fingerprint density at radius 3 is 2.39 bits per heavy atom. The van der Waals surface area contributed by atoms with Crippen molar-refractivity contribution in [2.24, 2.45) is 0 Å². The SMILES string of the molecule is c1cc(Nc2ccc(-c3cc4ccccc4o3)cc2)cc(-c2nc3ccccc3[nH]2)c1. The smallest absolute Gasteiger partial charge is 0.138 e. The normalized spacial score (nSPS) is 11.2. The molecular formula is C27H19N3O. The van der Waals surface area contributed by atoms with Gasteiger partial charge in [0.1, 0.15) is 17.2 Å². The van der Waals surface area contributed by atoms with Gasteiger partial charge in [-0.3, -0.25) is 0 Å². The molecule has 0 aliphatic carbocycles. The van der Waals surface area contributed by atoms with Crippen LogP contribution in [0, 0.1) is 0 Å². The van der Waals surface area contributed by atoms with Gasteiger partial charge in [-0.2, -0.15) is 0 Å². The second-order valence-corrected chi connectivity index (χ2v) is 7.53. The lowest BCUT2D eigenvalue weighted by atomic mass is 10.1. The Labute approximate surface area is 179 Å². The molecule has 0 aliphatic rings. The second kappa shape index (κ2) is 7.18. The van der Waals surface area contributed by atoms with Crippen molar-refractivity contribution in [2.75, 3.05) is 5.32 Å². The van der Waals surface area contributed by atoms with Gasteiger partial charge in [0.2, 0.25) is 0 Å². The van der Waals surface area contributed by atoms with Gasteiger partial charge in [0, 0.05) is 27.9 Å². The Hall–Kier alpha value is -4.31. The molecule has 0 amide bonds. The number of hydrogen-bond donors (Lipinski definition) is 2. The second-order valence-electron chi connectivity index (χ2n) is 7.53. The lowest BCUT2D eigenvalue weighted by molar-refractivity contribution is 0.631. The van der Waals surface area contributed by atoms with Crippen molar-refractivity contribution >= 4 is 33.4 Å². The van der Waals surface area contributed by atoms with Gasteiger partial charge < -0.3 is 14.7 Å². The van der Waals surface area contributed by atoms with Crippen LogP contribution in [0.15, 0.2) is 108 Å². The number of nitrogens with one attached hydrogen (secondary N) is 2. The fourth-order valence-electron chi connectivity index (χ4n) is 3.84. The number of fused-ring (bicyclic) bond motifs is 2. The number of para-hydroxylation sites is 3. The van der Waals surface area contributed by atoms with Crippen LogP contribution in [0.2, 0.25) is 0 Å². The van der Waals surface area contributed by atoms with E-state index in [0.717, 1.165) is 56.1 Å². The van der Waals surface area contributed by atoms with Crippen molar-refractivity contribution in [2.45, 2.75) is 0 Å². The van der Waals surface area contributed by atoms with Gasteiger partial charge in [0.25, 0.3) is 0 Å². The van der Waals surface area contributed by atoms with Crippen molar-refractivity contribution in [3.63, 3.8) is 0 Å². The number of nitrogens with zero attached hydrogens (tertiary/aromatic N) is 1. The minimum atomic E-state index is 0.866. The Morgan fingerprint density at radius 1 is 0.677 bits per heavy atom. The molecule has 0 atom stereocenters. The molecule has 2 N–H and O–H groups in total. The van der Waals surface area contributed by atoms with Crippen LogP contribution in [0.4, 0.5) is 11.4 Å². The zero-order valence-corrected chi connectivity index (χ0v) is 16.7. The molecule has 6 rings (SSSR count). The van der Waals surface area contributed by atoms with E-state index in [9.17, 15) is 0 Å². The molecule has 0 aliphatic heterocycles. The minimum absolute atomic E-state index is 0.866. The van der Waals surface area contributed by atoms with Gasteiger partial charge in [0.15, 0.2) is 0 Å². The minimum Gasteiger partial charge on any atom is -0.456 e. The zero-order valence-electron chi connectivity index (χ0n) is 16.7. The maximum absolute atomic E-state index is 5.97. The molecule has 0 fully saturated rings. The summed E-state index contributed by atoms with van der Waals surface area (Å²) >= 11 is 0. The molecular weight excluding hydrogens is 382 g/mol. The van der Waals surface area contributed by atoms with Crippen LogP contribution in [0.25, 0.3) is 44.7 Å². The molecule has 4 heteroatoms. The molecule has 0 radical (unpaired) electrons. The van der Waals surface area contributed by atoms with E-state index in [1.165, 1.54) is 0 Å². The average Bonchev–Trinajstić information content (AvgIpc) is 3.44. The number of aromatic nitrogens is 2. The quantitative estimate of drug-likeness (QED) is 0.324. The Morgan fingerprint density at radius 2 is 1.52 bits per heavy atom. The van der Waals surface area contributed by atoms with Crippen molar-refractivity contribution in [3.8, 4) is 22.7 Å². The Balaban J connectivity index is 1.25. The molecule has 0 saturated heterocycles. The Kier molecular flexibility index (Phi) is 4.06. The summed E-state index contributed by atoms with van der Waals surface area (Å²) in [6, 6.07) is 34.7. The number of H-pyrrole nitrogens is 1. The monoisotopic (exact) mass is 401 g/mol. The summed E-state index contributed by atoms with van der Waals surface area (Å²) in [4.78, 5) is 8.09. The van der Waals surface area contributed by atoms with Crippen molar-refractivity contribution in [1.82, 2.24) is 9.97 Å². The van der Waals surface area contributed by atoms with Crippen molar-refractivity contribution in [1.29, 1.82) is 0 Å². The molecule has 0 bridgehead atoms. The van der Waals surface area contributed by atoms with E-state index >= 15 is 0 Å². The van der Waals surface area contributed by atoms with Gasteiger partial charge in [-0.15, -0.1) is 0 Å². The highest BCUT2D eigenvalue weighted by atomic mass is 16.3. The van der Waals surface area contributed by atoms with Crippen LogP contribution in [0.1, 0.15) is 0 Å². The van der Waals surface area contributed by atoms with Gasteiger partial charge in [-0.25, -0.2) is 4.98 Å². The highest BCUT2D eigenvalue weighted by Crippen LogP contribution is 2.30. The predicted molar refractivity (Wildman–Crippen MR) is 126 cm³/mol. The Bertz CT molecular complexity index is 1440. The molecule has 2 heterocycles. The first-order chi connectivity index (χ1) is 15.3. The van der Waals surface area contributed by atoms with E-state index in [-0.39, 0.29) is 0 Å². The number of benzene rings is 4. The van der Waals surface area contributed by atoms with Crippen LogP contribution in [0.3, 0.4) is 0 Å². The predicted octanol–water partition coefficient (Wildman–Crippen LogP) is 7.39. The highest BCUT2D eigenvalue weighted by molar-refractivity contribution is 5.83. The summed E-state index contributed by atoms with van der Waals surface area (Å²) < 4.78 is 5.97. The molecule has 0 saturated carbocycles. The third kappa shape index (κ3) is 3.34. The zero-order chi connectivity index (χ0) is 20.6. The maximum atomic E-state index is 5.97. The topological polar surface area (TPSA) is 53.9 Å². The fraction of sp³-hybridized carbons (Fsp3) is 0.